The number of carbonyl (C=O) groups excluding carboxylic acids is 3. The molecule has 1 fully saturated rings. The molecule has 3 amide bonds. The van der Waals surface area contributed by atoms with Crippen LogP contribution in [0.5, 0.6) is 0 Å². The van der Waals surface area contributed by atoms with Crippen LogP contribution in [0.1, 0.15) is 44.1 Å². The summed E-state index contributed by atoms with van der Waals surface area (Å²) in [5, 5.41) is 14.7. The van der Waals surface area contributed by atoms with Crippen molar-refractivity contribution in [3.63, 3.8) is 0 Å². The first kappa shape index (κ1) is 26.1. The van der Waals surface area contributed by atoms with Gasteiger partial charge in [0, 0.05) is 17.2 Å². The van der Waals surface area contributed by atoms with E-state index in [1.54, 1.807) is 36.5 Å². The first-order valence-corrected chi connectivity index (χ1v) is 14.0. The molecule has 1 saturated heterocycles. The van der Waals surface area contributed by atoms with Gasteiger partial charge in [0.25, 0.3) is 5.91 Å². The van der Waals surface area contributed by atoms with Crippen molar-refractivity contribution in [1.82, 2.24) is 5.43 Å². The maximum absolute atomic E-state index is 14.4. The van der Waals surface area contributed by atoms with Crippen LogP contribution < -0.4 is 10.3 Å². The Kier molecular flexibility index (Phi) is 6.01. The van der Waals surface area contributed by atoms with Crippen molar-refractivity contribution >= 4 is 52.8 Å². The zero-order chi connectivity index (χ0) is 29.2. The molecule has 42 heavy (non-hydrogen) atoms. The van der Waals surface area contributed by atoms with E-state index < -0.39 is 29.1 Å². The fraction of sp³-hybridized carbons (Fsp3) is 0.121. The van der Waals surface area contributed by atoms with E-state index in [4.69, 9.17) is 23.2 Å². The summed E-state index contributed by atoms with van der Waals surface area (Å²) in [7, 11) is 0. The van der Waals surface area contributed by atoms with Gasteiger partial charge in [0.1, 0.15) is 6.07 Å². The molecule has 2 bridgehead atoms. The molecule has 8 rings (SSSR count). The number of nitrogens with one attached hydrogen (secondary N) is 1. The molecular weight excluding hydrogens is 571 g/mol. The number of hydrogen-bond donors (Lipinski definition) is 1. The average molecular weight is 591 g/mol. The number of hydrazone groups is 1. The van der Waals surface area contributed by atoms with E-state index in [1.165, 1.54) is 12.1 Å². The van der Waals surface area contributed by atoms with Crippen LogP contribution in [0, 0.1) is 23.2 Å². The van der Waals surface area contributed by atoms with E-state index in [1.807, 2.05) is 48.5 Å². The van der Waals surface area contributed by atoms with Crippen LogP contribution in [0.15, 0.2) is 96.1 Å². The van der Waals surface area contributed by atoms with Crippen LogP contribution >= 0.6 is 23.2 Å². The summed E-state index contributed by atoms with van der Waals surface area (Å²) in [5.74, 6) is -3.29. The van der Waals surface area contributed by atoms with Gasteiger partial charge in [-0.25, -0.2) is 10.3 Å². The van der Waals surface area contributed by atoms with E-state index in [0.29, 0.717) is 5.02 Å². The van der Waals surface area contributed by atoms with Crippen molar-refractivity contribution in [1.29, 1.82) is 5.26 Å². The van der Waals surface area contributed by atoms with E-state index >= 15 is 0 Å². The minimum Gasteiger partial charge on any atom is -0.274 e. The lowest BCUT2D eigenvalue weighted by Gasteiger charge is -2.52. The minimum atomic E-state index is -1.17. The number of para-hydroxylation sites is 1. The van der Waals surface area contributed by atoms with Gasteiger partial charge in [0.05, 0.1) is 39.1 Å². The molecule has 0 unspecified atom stereocenters. The summed E-state index contributed by atoms with van der Waals surface area (Å²) in [5.41, 5.74) is 5.60. The third-order valence-corrected chi connectivity index (χ3v) is 9.11. The lowest BCUT2D eigenvalue weighted by Crippen LogP contribution is -2.54. The molecule has 4 aromatic rings. The van der Waals surface area contributed by atoms with E-state index in [-0.39, 0.29) is 33.7 Å². The first-order chi connectivity index (χ1) is 20.4. The molecular formula is C33H20Cl2N4O3. The van der Waals surface area contributed by atoms with Crippen LogP contribution in [0.2, 0.25) is 10.0 Å². The fourth-order valence-electron chi connectivity index (χ4n) is 6.98. The number of nitriles is 1. The topological polar surface area (TPSA) is 103 Å². The van der Waals surface area contributed by atoms with E-state index in [0.717, 1.165) is 27.2 Å². The Bertz CT molecular complexity index is 1870. The van der Waals surface area contributed by atoms with Gasteiger partial charge in [-0.15, -0.1) is 0 Å². The molecule has 9 heteroatoms. The Balaban J connectivity index is 1.41. The average Bonchev–Trinajstić information content (AvgIpc) is 3.27. The van der Waals surface area contributed by atoms with Crippen molar-refractivity contribution in [3.8, 4) is 6.07 Å². The maximum atomic E-state index is 14.4. The molecule has 1 N–H and O–H groups in total. The fourth-order valence-corrected chi connectivity index (χ4v) is 7.47. The van der Waals surface area contributed by atoms with Gasteiger partial charge in [-0.2, -0.15) is 10.4 Å². The summed E-state index contributed by atoms with van der Waals surface area (Å²) in [6, 6.07) is 28.7. The second-order valence-electron chi connectivity index (χ2n) is 10.5. The Morgan fingerprint density at radius 3 is 2.21 bits per heavy atom. The Labute approximate surface area is 251 Å². The zero-order valence-corrected chi connectivity index (χ0v) is 23.3. The summed E-state index contributed by atoms with van der Waals surface area (Å²) in [4.78, 5) is 42.9. The summed E-state index contributed by atoms with van der Waals surface area (Å²) < 4.78 is 0. The largest absolute Gasteiger partial charge is 0.274 e. The molecule has 1 heterocycles. The summed E-state index contributed by atoms with van der Waals surface area (Å²) in [6.45, 7) is 0. The van der Waals surface area contributed by atoms with Crippen molar-refractivity contribution in [2.45, 2.75) is 11.3 Å². The lowest BCUT2D eigenvalue weighted by atomic mass is 9.47. The number of carbonyl (C=O) groups is 3. The van der Waals surface area contributed by atoms with Crippen LogP contribution in [0.25, 0.3) is 0 Å². The molecule has 4 aliphatic rings. The number of hydrogen-bond acceptors (Lipinski definition) is 5. The predicted octanol–water partition coefficient (Wildman–Crippen LogP) is 5.83. The molecule has 0 aromatic heterocycles. The van der Waals surface area contributed by atoms with Gasteiger partial charge in [0.2, 0.25) is 11.8 Å². The number of anilines is 1. The number of nitrogens with zero attached hydrogens (tertiary/aromatic N) is 3. The smallest absolute Gasteiger partial charge is 0.272 e. The first-order valence-electron chi connectivity index (χ1n) is 13.2. The van der Waals surface area contributed by atoms with Gasteiger partial charge >= 0.3 is 0 Å². The monoisotopic (exact) mass is 590 g/mol. The maximum Gasteiger partial charge on any atom is 0.272 e. The molecule has 3 aliphatic carbocycles. The normalized spacial score (nSPS) is 23.4. The highest BCUT2D eigenvalue weighted by Gasteiger charge is 2.68. The Morgan fingerprint density at radius 2 is 1.55 bits per heavy atom. The van der Waals surface area contributed by atoms with Gasteiger partial charge in [-0.05, 0) is 52.6 Å². The van der Waals surface area contributed by atoms with Crippen molar-refractivity contribution in [3.05, 3.63) is 134 Å². The molecule has 0 spiro atoms. The molecule has 2 atom stereocenters. The van der Waals surface area contributed by atoms with Crippen LogP contribution in [0.3, 0.4) is 0 Å². The molecule has 4 aromatic carbocycles. The van der Waals surface area contributed by atoms with Gasteiger partial charge in [-0.1, -0.05) is 83.9 Å². The Hall–Kier alpha value is -4.77. The lowest BCUT2D eigenvalue weighted by molar-refractivity contribution is -0.122. The number of benzene rings is 4. The second-order valence-corrected chi connectivity index (χ2v) is 11.3. The number of halogens is 2. The molecule has 0 saturated carbocycles. The van der Waals surface area contributed by atoms with Crippen molar-refractivity contribution in [2.24, 2.45) is 16.9 Å². The van der Waals surface area contributed by atoms with E-state index in [2.05, 4.69) is 16.6 Å². The molecule has 204 valence electrons. The van der Waals surface area contributed by atoms with Crippen LogP contribution in [0.4, 0.5) is 5.69 Å². The number of rotatable bonds is 4. The number of amides is 3. The van der Waals surface area contributed by atoms with Gasteiger partial charge < -0.3 is 0 Å². The standard InChI is InChI=1S/C33H20Cl2N4O3/c34-19-13-14-22(25(35)15-19)30(40)38-37-17-33-23-10-4-2-8-20(23)27(21-9-3-5-11-24(21)33)28-29(33)32(42)39(31(28)41)26-12-6-1-7-18(26)16-36/h1-15,17,27-29H,(H,38,40)/b37-17-/t27?,28-,29-,33?/m0/s1. The second kappa shape index (κ2) is 9.66. The highest BCUT2D eigenvalue weighted by atomic mass is 35.5. The van der Waals surface area contributed by atoms with Crippen molar-refractivity contribution < 1.29 is 14.4 Å². The highest BCUT2D eigenvalue weighted by Crippen LogP contribution is 2.63. The zero-order valence-electron chi connectivity index (χ0n) is 21.8. The summed E-state index contributed by atoms with van der Waals surface area (Å²) in [6.07, 6.45) is 1.57. The Morgan fingerprint density at radius 1 is 0.905 bits per heavy atom. The molecule has 0 radical (unpaired) electrons. The van der Waals surface area contributed by atoms with E-state index in [9.17, 15) is 19.6 Å². The highest BCUT2D eigenvalue weighted by molar-refractivity contribution is 6.36. The van der Waals surface area contributed by atoms with Crippen LogP contribution in [-0.2, 0) is 15.0 Å². The third-order valence-electron chi connectivity index (χ3n) is 8.56. The predicted molar refractivity (Wildman–Crippen MR) is 159 cm³/mol. The van der Waals surface area contributed by atoms with Crippen LogP contribution in [-0.4, -0.2) is 23.9 Å². The molecule has 7 nitrogen and oxygen atoms in total. The third kappa shape index (κ3) is 3.52. The van der Waals surface area contributed by atoms with Gasteiger partial charge in [0.15, 0.2) is 0 Å². The van der Waals surface area contributed by atoms with Crippen molar-refractivity contribution in [2.75, 3.05) is 4.90 Å². The van der Waals surface area contributed by atoms with Gasteiger partial charge in [-0.3, -0.25) is 14.4 Å². The quantitative estimate of drug-likeness (QED) is 0.183. The SMILES string of the molecule is N#Cc1ccccc1N1C(=O)[C@@H]2[C@@H](C1=O)C1c3ccccc3C2(/C=N\NC(=O)c2ccc(Cl)cc2Cl)c2ccccc21. The summed E-state index contributed by atoms with van der Waals surface area (Å²) >= 11 is 12.2. The number of imide groups is 1. The molecule has 1 aliphatic heterocycles. The minimum absolute atomic E-state index is 0.172.